The summed E-state index contributed by atoms with van der Waals surface area (Å²) in [5, 5.41) is 10.5. The standard InChI is InChI=1S/C39H23N3O/c43-39-40-37(42-36-19-8-7-17-33(36)31-16-5-6-18-34(31)38(42)41-39)26-11-9-10-24(22-26)25-20-21-32-29-14-2-1-12-27(29)28-13-3-4-15-30(28)35(32)23-25/h1-23H. The van der Waals surface area contributed by atoms with Crippen LogP contribution >= 0.6 is 0 Å². The first-order valence-corrected chi connectivity index (χ1v) is 14.4. The molecule has 9 aromatic rings. The van der Waals surface area contributed by atoms with Crippen molar-refractivity contribution >= 4 is 59.6 Å². The maximum Gasteiger partial charge on any atom is 0.371 e. The molecule has 2 heterocycles. The minimum absolute atomic E-state index is 0.495. The molecule has 0 bridgehead atoms. The summed E-state index contributed by atoms with van der Waals surface area (Å²) in [5.74, 6) is 0.580. The third-order valence-electron chi connectivity index (χ3n) is 8.63. The van der Waals surface area contributed by atoms with Crippen molar-refractivity contribution in [3.8, 4) is 22.5 Å². The quantitative estimate of drug-likeness (QED) is 0.202. The van der Waals surface area contributed by atoms with E-state index in [2.05, 4.69) is 107 Å². The van der Waals surface area contributed by atoms with Crippen LogP contribution in [0.3, 0.4) is 0 Å². The van der Waals surface area contributed by atoms with Crippen LogP contribution in [-0.4, -0.2) is 14.4 Å². The Morgan fingerprint density at radius 2 is 0.907 bits per heavy atom. The molecular formula is C39H23N3O. The third kappa shape index (κ3) is 3.53. The van der Waals surface area contributed by atoms with Gasteiger partial charge in [0.2, 0.25) is 0 Å². The van der Waals surface area contributed by atoms with Crippen LogP contribution in [0.2, 0.25) is 0 Å². The molecule has 200 valence electrons. The predicted octanol–water partition coefficient (Wildman–Crippen LogP) is 9.19. The number of fused-ring (bicyclic) bond motifs is 12. The van der Waals surface area contributed by atoms with Gasteiger partial charge in [-0.15, -0.1) is 0 Å². The second kappa shape index (κ2) is 9.07. The van der Waals surface area contributed by atoms with Gasteiger partial charge < -0.3 is 0 Å². The first kappa shape index (κ1) is 23.8. The van der Waals surface area contributed by atoms with Crippen molar-refractivity contribution in [2.45, 2.75) is 0 Å². The summed E-state index contributed by atoms with van der Waals surface area (Å²) < 4.78 is 2.03. The van der Waals surface area contributed by atoms with Crippen molar-refractivity contribution < 1.29 is 0 Å². The SMILES string of the molecule is O=c1nc(-c2cccc(-c3ccc4c5ccccc5c5ccccc5c4c3)c2)n2c3ccccc3c3ccccc3c2n1. The summed E-state index contributed by atoms with van der Waals surface area (Å²) in [5.41, 5.74) is 4.09. The molecule has 43 heavy (non-hydrogen) atoms. The van der Waals surface area contributed by atoms with Gasteiger partial charge >= 0.3 is 5.69 Å². The van der Waals surface area contributed by atoms with Gasteiger partial charge in [-0.3, -0.25) is 4.40 Å². The van der Waals surface area contributed by atoms with Crippen molar-refractivity contribution in [2.75, 3.05) is 0 Å². The molecule has 4 nitrogen and oxygen atoms in total. The molecule has 0 spiro atoms. The summed E-state index contributed by atoms with van der Waals surface area (Å²) in [6.45, 7) is 0. The molecule has 0 atom stereocenters. The summed E-state index contributed by atoms with van der Waals surface area (Å²) in [6, 6.07) is 48.6. The van der Waals surface area contributed by atoms with E-state index in [-0.39, 0.29) is 0 Å². The molecule has 0 aliphatic carbocycles. The van der Waals surface area contributed by atoms with Crippen LogP contribution in [-0.2, 0) is 0 Å². The average Bonchev–Trinajstić information content (AvgIpc) is 3.08. The molecule has 0 N–H and O–H groups in total. The Hall–Kier alpha value is -5.87. The molecule has 0 aliphatic heterocycles. The minimum Gasteiger partial charge on any atom is -0.277 e. The molecule has 0 unspecified atom stereocenters. The molecule has 4 heteroatoms. The van der Waals surface area contributed by atoms with Crippen molar-refractivity contribution in [3.05, 3.63) is 150 Å². The monoisotopic (exact) mass is 549 g/mol. The van der Waals surface area contributed by atoms with Crippen LogP contribution in [0.1, 0.15) is 0 Å². The molecule has 0 fully saturated rings. The van der Waals surface area contributed by atoms with Gasteiger partial charge in [0.05, 0.1) is 5.52 Å². The zero-order chi connectivity index (χ0) is 28.5. The predicted molar refractivity (Wildman–Crippen MR) is 178 cm³/mol. The van der Waals surface area contributed by atoms with E-state index < -0.39 is 5.69 Å². The highest BCUT2D eigenvalue weighted by Gasteiger charge is 2.16. The number of pyridine rings is 1. The molecule has 2 aromatic heterocycles. The Morgan fingerprint density at radius 3 is 1.60 bits per heavy atom. The van der Waals surface area contributed by atoms with Crippen LogP contribution in [0, 0.1) is 0 Å². The van der Waals surface area contributed by atoms with E-state index in [1.807, 2.05) is 46.9 Å². The first-order chi connectivity index (χ1) is 21.2. The molecular weight excluding hydrogens is 526 g/mol. The molecule has 0 saturated heterocycles. The minimum atomic E-state index is -0.495. The number of benzene rings is 7. The van der Waals surface area contributed by atoms with Gasteiger partial charge in [0, 0.05) is 16.3 Å². The summed E-state index contributed by atoms with van der Waals surface area (Å²) in [6.07, 6.45) is 0. The second-order valence-corrected chi connectivity index (χ2v) is 11.0. The van der Waals surface area contributed by atoms with Crippen LogP contribution in [0.5, 0.6) is 0 Å². The topological polar surface area (TPSA) is 47.3 Å². The van der Waals surface area contributed by atoms with Crippen molar-refractivity contribution in [2.24, 2.45) is 0 Å². The Labute approximate surface area is 246 Å². The van der Waals surface area contributed by atoms with E-state index in [9.17, 15) is 4.79 Å². The van der Waals surface area contributed by atoms with Gasteiger partial charge in [-0.1, -0.05) is 121 Å². The molecule has 0 saturated carbocycles. The second-order valence-electron chi connectivity index (χ2n) is 11.0. The number of nitrogens with zero attached hydrogens (tertiary/aromatic N) is 3. The number of aromatic nitrogens is 3. The Bertz CT molecular complexity index is 2620. The normalized spacial score (nSPS) is 11.8. The summed E-state index contributed by atoms with van der Waals surface area (Å²) >= 11 is 0. The third-order valence-corrected chi connectivity index (χ3v) is 8.63. The van der Waals surface area contributed by atoms with Gasteiger partial charge in [0.25, 0.3) is 0 Å². The van der Waals surface area contributed by atoms with Gasteiger partial charge in [0.15, 0.2) is 11.5 Å². The number of para-hydroxylation sites is 1. The lowest BCUT2D eigenvalue weighted by molar-refractivity contribution is 1.00. The number of hydrogen-bond acceptors (Lipinski definition) is 3. The van der Waals surface area contributed by atoms with E-state index >= 15 is 0 Å². The van der Waals surface area contributed by atoms with Gasteiger partial charge in [-0.25, -0.2) is 4.79 Å². The Morgan fingerprint density at radius 1 is 0.395 bits per heavy atom. The van der Waals surface area contributed by atoms with Gasteiger partial charge in [-0.05, 0) is 67.0 Å². The first-order valence-electron chi connectivity index (χ1n) is 14.4. The zero-order valence-electron chi connectivity index (χ0n) is 23.0. The van der Waals surface area contributed by atoms with Crippen molar-refractivity contribution in [3.63, 3.8) is 0 Å². The molecule has 0 amide bonds. The van der Waals surface area contributed by atoms with E-state index in [4.69, 9.17) is 0 Å². The smallest absolute Gasteiger partial charge is 0.277 e. The lowest BCUT2D eigenvalue weighted by atomic mass is 9.92. The van der Waals surface area contributed by atoms with Gasteiger partial charge in [0.1, 0.15) is 0 Å². The van der Waals surface area contributed by atoms with Crippen molar-refractivity contribution in [1.29, 1.82) is 0 Å². The fourth-order valence-electron chi connectivity index (χ4n) is 6.74. The zero-order valence-corrected chi connectivity index (χ0v) is 23.0. The highest BCUT2D eigenvalue weighted by atomic mass is 16.1. The fraction of sp³-hybridized carbons (Fsp3) is 0. The van der Waals surface area contributed by atoms with E-state index in [1.165, 1.54) is 32.3 Å². The summed E-state index contributed by atoms with van der Waals surface area (Å²) in [4.78, 5) is 21.8. The molecule has 0 radical (unpaired) electrons. The van der Waals surface area contributed by atoms with E-state index in [1.54, 1.807) is 0 Å². The van der Waals surface area contributed by atoms with Crippen LogP contribution < -0.4 is 5.69 Å². The Kier molecular flexibility index (Phi) is 5.02. The van der Waals surface area contributed by atoms with E-state index in [0.29, 0.717) is 11.5 Å². The van der Waals surface area contributed by atoms with Crippen LogP contribution in [0.25, 0.3) is 82.2 Å². The highest BCUT2D eigenvalue weighted by molar-refractivity contribution is 6.25. The highest BCUT2D eigenvalue weighted by Crippen LogP contribution is 2.38. The van der Waals surface area contributed by atoms with E-state index in [0.717, 1.165) is 38.4 Å². The summed E-state index contributed by atoms with van der Waals surface area (Å²) in [7, 11) is 0. The van der Waals surface area contributed by atoms with Crippen LogP contribution in [0.4, 0.5) is 0 Å². The molecule has 0 aliphatic rings. The van der Waals surface area contributed by atoms with Gasteiger partial charge in [-0.2, -0.15) is 9.97 Å². The Balaban J connectivity index is 1.31. The molecule has 9 rings (SSSR count). The lowest BCUT2D eigenvalue weighted by Gasteiger charge is -2.15. The average molecular weight is 550 g/mol. The lowest BCUT2D eigenvalue weighted by Crippen LogP contribution is -2.16. The maximum atomic E-state index is 13.0. The largest absolute Gasteiger partial charge is 0.371 e. The number of rotatable bonds is 2. The van der Waals surface area contributed by atoms with Crippen LogP contribution in [0.15, 0.2) is 144 Å². The number of hydrogen-bond donors (Lipinski definition) is 0. The van der Waals surface area contributed by atoms with Crippen molar-refractivity contribution in [1.82, 2.24) is 14.4 Å². The maximum absolute atomic E-state index is 13.0. The molecule has 7 aromatic carbocycles. The fourth-order valence-corrected chi connectivity index (χ4v) is 6.74.